The van der Waals surface area contributed by atoms with E-state index in [2.05, 4.69) is 10.1 Å². The zero-order chi connectivity index (χ0) is 11.3. The molecule has 0 aromatic rings. The molecule has 0 aromatic carbocycles. The molecule has 1 heterocycles. The molecule has 1 rings (SSSR count). The van der Waals surface area contributed by atoms with Crippen molar-refractivity contribution in [3.05, 3.63) is 0 Å². The molecule has 86 valence electrons. The predicted molar refractivity (Wildman–Crippen MR) is 50.4 cm³/mol. The third-order valence-corrected chi connectivity index (χ3v) is 2.18. The average molecular weight is 217 g/mol. The standard InChI is InChI=1S/C9H15NO5/c1-6-7(2-3-15-6)10-8(11)4-14-5-9(12)13/h6-7H,2-5H2,1H3,(H,10,11)(H,12,13). The molecule has 1 amide bonds. The summed E-state index contributed by atoms with van der Waals surface area (Å²) in [5.74, 6) is -1.39. The highest BCUT2D eigenvalue weighted by Gasteiger charge is 2.25. The van der Waals surface area contributed by atoms with Crippen LogP contribution in [0, 0.1) is 0 Å². The van der Waals surface area contributed by atoms with Crippen LogP contribution in [0.2, 0.25) is 0 Å². The van der Waals surface area contributed by atoms with Gasteiger partial charge in [0, 0.05) is 6.61 Å². The van der Waals surface area contributed by atoms with Crippen molar-refractivity contribution in [2.45, 2.75) is 25.5 Å². The zero-order valence-electron chi connectivity index (χ0n) is 8.56. The van der Waals surface area contributed by atoms with Crippen LogP contribution in [0.5, 0.6) is 0 Å². The van der Waals surface area contributed by atoms with Gasteiger partial charge >= 0.3 is 5.97 Å². The summed E-state index contributed by atoms with van der Waals surface area (Å²) in [7, 11) is 0. The molecule has 6 heteroatoms. The van der Waals surface area contributed by atoms with Gasteiger partial charge in [-0.2, -0.15) is 0 Å². The maximum Gasteiger partial charge on any atom is 0.329 e. The van der Waals surface area contributed by atoms with Crippen molar-refractivity contribution in [1.82, 2.24) is 5.32 Å². The van der Waals surface area contributed by atoms with Gasteiger partial charge in [0.1, 0.15) is 13.2 Å². The molecule has 15 heavy (non-hydrogen) atoms. The van der Waals surface area contributed by atoms with Crippen LogP contribution >= 0.6 is 0 Å². The van der Waals surface area contributed by atoms with Crippen molar-refractivity contribution < 1.29 is 24.2 Å². The minimum Gasteiger partial charge on any atom is -0.480 e. The molecule has 0 spiro atoms. The molecule has 6 nitrogen and oxygen atoms in total. The average Bonchev–Trinajstić information content (AvgIpc) is 2.51. The summed E-state index contributed by atoms with van der Waals surface area (Å²) in [4.78, 5) is 21.3. The largest absolute Gasteiger partial charge is 0.480 e. The summed E-state index contributed by atoms with van der Waals surface area (Å²) < 4.78 is 9.91. The van der Waals surface area contributed by atoms with E-state index < -0.39 is 12.6 Å². The molecule has 1 aliphatic rings. The number of amides is 1. The molecule has 0 bridgehead atoms. The number of hydrogen-bond donors (Lipinski definition) is 2. The van der Waals surface area contributed by atoms with Crippen LogP contribution in [0.1, 0.15) is 13.3 Å². The molecule has 2 N–H and O–H groups in total. The van der Waals surface area contributed by atoms with Crippen molar-refractivity contribution in [3.8, 4) is 0 Å². The first-order chi connectivity index (χ1) is 7.09. The Bertz CT molecular complexity index is 243. The van der Waals surface area contributed by atoms with Gasteiger partial charge in [0.05, 0.1) is 12.1 Å². The minimum absolute atomic E-state index is 0.00549. The highest BCUT2D eigenvalue weighted by atomic mass is 16.5. The van der Waals surface area contributed by atoms with Crippen LogP contribution in [0.25, 0.3) is 0 Å². The van der Waals surface area contributed by atoms with Crippen LogP contribution in [0.15, 0.2) is 0 Å². The highest BCUT2D eigenvalue weighted by molar-refractivity contribution is 5.78. The number of ether oxygens (including phenoxy) is 2. The van der Waals surface area contributed by atoms with E-state index in [-0.39, 0.29) is 24.7 Å². The Balaban J connectivity index is 2.15. The quantitative estimate of drug-likeness (QED) is 0.641. The first kappa shape index (κ1) is 11.9. The van der Waals surface area contributed by atoms with Gasteiger partial charge in [-0.25, -0.2) is 4.79 Å². The molecule has 0 radical (unpaired) electrons. The summed E-state index contributed by atoms with van der Waals surface area (Å²) in [5, 5.41) is 11.0. The fraction of sp³-hybridized carbons (Fsp3) is 0.778. The molecular formula is C9H15NO5. The fourth-order valence-corrected chi connectivity index (χ4v) is 1.40. The lowest BCUT2D eigenvalue weighted by atomic mass is 10.1. The fourth-order valence-electron chi connectivity index (χ4n) is 1.40. The van der Waals surface area contributed by atoms with Gasteiger partial charge in [0.25, 0.3) is 0 Å². The number of carboxylic acids is 1. The topological polar surface area (TPSA) is 84.9 Å². The number of nitrogens with one attached hydrogen (secondary N) is 1. The number of aliphatic carboxylic acids is 1. The van der Waals surface area contributed by atoms with E-state index in [9.17, 15) is 9.59 Å². The van der Waals surface area contributed by atoms with E-state index >= 15 is 0 Å². The first-order valence-corrected chi connectivity index (χ1v) is 4.80. The monoisotopic (exact) mass is 217 g/mol. The summed E-state index contributed by atoms with van der Waals surface area (Å²) in [6, 6.07) is 0.00549. The predicted octanol–water partition coefficient (Wildman–Crippen LogP) is -0.619. The lowest BCUT2D eigenvalue weighted by Crippen LogP contribution is -2.41. The number of rotatable bonds is 5. The third kappa shape index (κ3) is 4.26. The second-order valence-corrected chi connectivity index (χ2v) is 3.43. The van der Waals surface area contributed by atoms with Crippen molar-refractivity contribution >= 4 is 11.9 Å². The molecule has 2 unspecified atom stereocenters. The van der Waals surface area contributed by atoms with Crippen molar-refractivity contribution in [3.63, 3.8) is 0 Å². The maximum absolute atomic E-state index is 11.2. The normalized spacial score (nSPS) is 25.1. The van der Waals surface area contributed by atoms with Gasteiger partial charge in [-0.1, -0.05) is 0 Å². The smallest absolute Gasteiger partial charge is 0.329 e. The Morgan fingerprint density at radius 3 is 2.80 bits per heavy atom. The molecule has 2 atom stereocenters. The molecule has 0 saturated carbocycles. The molecule has 0 aliphatic carbocycles. The number of carbonyl (C=O) groups is 2. The molecule has 0 aromatic heterocycles. The van der Waals surface area contributed by atoms with E-state index in [4.69, 9.17) is 9.84 Å². The Morgan fingerprint density at radius 2 is 2.27 bits per heavy atom. The third-order valence-electron chi connectivity index (χ3n) is 2.18. The van der Waals surface area contributed by atoms with Gasteiger partial charge in [-0.3, -0.25) is 4.79 Å². The SMILES string of the molecule is CC1OCCC1NC(=O)COCC(=O)O. The Morgan fingerprint density at radius 1 is 1.53 bits per heavy atom. The highest BCUT2D eigenvalue weighted by Crippen LogP contribution is 2.12. The zero-order valence-corrected chi connectivity index (χ0v) is 8.56. The van der Waals surface area contributed by atoms with Crippen molar-refractivity contribution in [1.29, 1.82) is 0 Å². The second-order valence-electron chi connectivity index (χ2n) is 3.43. The van der Waals surface area contributed by atoms with Gasteiger partial charge in [0.15, 0.2) is 0 Å². The summed E-state index contributed by atoms with van der Waals surface area (Å²) in [5.41, 5.74) is 0. The summed E-state index contributed by atoms with van der Waals surface area (Å²) in [6.07, 6.45) is 0.791. The van der Waals surface area contributed by atoms with E-state index in [0.717, 1.165) is 6.42 Å². The van der Waals surface area contributed by atoms with Crippen LogP contribution in [-0.4, -0.2) is 48.9 Å². The van der Waals surface area contributed by atoms with Gasteiger partial charge in [-0.15, -0.1) is 0 Å². The van der Waals surface area contributed by atoms with Crippen LogP contribution < -0.4 is 5.32 Å². The lowest BCUT2D eigenvalue weighted by molar-refractivity contribution is -0.143. The molecule has 1 aliphatic heterocycles. The van der Waals surface area contributed by atoms with Crippen LogP contribution in [-0.2, 0) is 19.1 Å². The Labute approximate surface area is 87.5 Å². The van der Waals surface area contributed by atoms with E-state index in [1.54, 1.807) is 0 Å². The van der Waals surface area contributed by atoms with Crippen molar-refractivity contribution in [2.75, 3.05) is 19.8 Å². The van der Waals surface area contributed by atoms with Crippen LogP contribution in [0.4, 0.5) is 0 Å². The second kappa shape index (κ2) is 5.67. The minimum atomic E-state index is -1.08. The van der Waals surface area contributed by atoms with Crippen LogP contribution in [0.3, 0.4) is 0 Å². The first-order valence-electron chi connectivity index (χ1n) is 4.80. The van der Waals surface area contributed by atoms with E-state index in [0.29, 0.717) is 6.61 Å². The maximum atomic E-state index is 11.2. The summed E-state index contributed by atoms with van der Waals surface area (Å²) >= 11 is 0. The van der Waals surface area contributed by atoms with Gasteiger partial charge in [-0.05, 0) is 13.3 Å². The lowest BCUT2D eigenvalue weighted by Gasteiger charge is -2.15. The summed E-state index contributed by atoms with van der Waals surface area (Å²) in [6.45, 7) is 1.85. The van der Waals surface area contributed by atoms with E-state index in [1.165, 1.54) is 0 Å². The number of carbonyl (C=O) groups excluding carboxylic acids is 1. The number of hydrogen-bond acceptors (Lipinski definition) is 4. The van der Waals surface area contributed by atoms with Crippen molar-refractivity contribution in [2.24, 2.45) is 0 Å². The number of carboxylic acid groups (broad SMARTS) is 1. The van der Waals surface area contributed by atoms with Gasteiger partial charge < -0.3 is 19.9 Å². The molecule has 1 fully saturated rings. The van der Waals surface area contributed by atoms with E-state index in [1.807, 2.05) is 6.92 Å². The molecule has 1 saturated heterocycles. The molecular weight excluding hydrogens is 202 g/mol. The Kier molecular flexibility index (Phi) is 4.51. The van der Waals surface area contributed by atoms with Gasteiger partial charge in [0.2, 0.25) is 5.91 Å². The Hall–Kier alpha value is -1.14.